The summed E-state index contributed by atoms with van der Waals surface area (Å²) in [6.07, 6.45) is 0. The molecule has 2 rings (SSSR count). The van der Waals surface area contributed by atoms with Crippen molar-refractivity contribution in [3.8, 4) is 0 Å². The first-order valence-corrected chi connectivity index (χ1v) is 9.24. The van der Waals surface area contributed by atoms with E-state index in [9.17, 15) is 13.2 Å². The van der Waals surface area contributed by atoms with Crippen LogP contribution in [0.3, 0.4) is 0 Å². The highest BCUT2D eigenvalue weighted by Gasteiger charge is 2.29. The summed E-state index contributed by atoms with van der Waals surface area (Å²) in [5.41, 5.74) is 0.887. The summed E-state index contributed by atoms with van der Waals surface area (Å²) in [5.74, 6) is -0.584. The van der Waals surface area contributed by atoms with Gasteiger partial charge in [-0.2, -0.15) is 4.31 Å². The summed E-state index contributed by atoms with van der Waals surface area (Å²) in [5, 5.41) is 0. The molecule has 23 heavy (non-hydrogen) atoms. The zero-order valence-corrected chi connectivity index (χ0v) is 15.2. The maximum absolute atomic E-state index is 12.7. The number of halogens is 1. The van der Waals surface area contributed by atoms with Gasteiger partial charge in [0.25, 0.3) is 0 Å². The van der Waals surface area contributed by atoms with Crippen molar-refractivity contribution in [3.63, 3.8) is 0 Å². The van der Waals surface area contributed by atoms with Crippen LogP contribution in [-0.4, -0.2) is 51.6 Å². The Balaban J connectivity index is 2.29. The van der Waals surface area contributed by atoms with E-state index >= 15 is 0 Å². The standard InChI is InChI=1S/C15H18BrNO5S/c1-11(2)10-22-15(18)12-3-4-13(16)14(9-12)23(19,20)17-5-7-21-8-6-17/h3-4,9H,1,5-8,10H2,2H3. The first-order chi connectivity index (χ1) is 10.8. The van der Waals surface area contributed by atoms with Gasteiger partial charge in [-0.05, 0) is 46.6 Å². The lowest BCUT2D eigenvalue weighted by Gasteiger charge is -2.26. The van der Waals surface area contributed by atoms with Gasteiger partial charge in [-0.25, -0.2) is 13.2 Å². The average molecular weight is 404 g/mol. The van der Waals surface area contributed by atoms with E-state index in [1.807, 2.05) is 0 Å². The van der Waals surface area contributed by atoms with Crippen LogP contribution < -0.4 is 0 Å². The molecule has 0 spiro atoms. The van der Waals surface area contributed by atoms with Crippen LogP contribution in [0.25, 0.3) is 0 Å². The molecule has 0 unspecified atom stereocenters. The van der Waals surface area contributed by atoms with Gasteiger partial charge in [0.1, 0.15) is 6.61 Å². The molecule has 1 saturated heterocycles. The van der Waals surface area contributed by atoms with Crippen molar-refractivity contribution in [1.29, 1.82) is 0 Å². The minimum Gasteiger partial charge on any atom is -0.458 e. The van der Waals surface area contributed by atoms with E-state index in [4.69, 9.17) is 9.47 Å². The molecule has 1 aromatic rings. The molecule has 1 aliphatic rings. The molecule has 0 aromatic heterocycles. The van der Waals surface area contributed by atoms with E-state index in [0.717, 1.165) is 0 Å². The lowest BCUT2D eigenvalue weighted by Crippen LogP contribution is -2.40. The van der Waals surface area contributed by atoms with Crippen LogP contribution in [0.2, 0.25) is 0 Å². The highest BCUT2D eigenvalue weighted by molar-refractivity contribution is 9.10. The van der Waals surface area contributed by atoms with E-state index in [1.54, 1.807) is 6.92 Å². The first kappa shape index (κ1) is 18.1. The molecule has 0 atom stereocenters. The fourth-order valence-electron chi connectivity index (χ4n) is 2.03. The highest BCUT2D eigenvalue weighted by Crippen LogP contribution is 2.27. The molecular weight excluding hydrogens is 386 g/mol. The van der Waals surface area contributed by atoms with Gasteiger partial charge in [-0.3, -0.25) is 0 Å². The molecule has 0 amide bonds. The van der Waals surface area contributed by atoms with Crippen molar-refractivity contribution >= 4 is 31.9 Å². The summed E-state index contributed by atoms with van der Waals surface area (Å²) >= 11 is 3.24. The Kier molecular flexibility index (Phi) is 5.96. The summed E-state index contributed by atoms with van der Waals surface area (Å²) in [6, 6.07) is 4.38. The van der Waals surface area contributed by atoms with Gasteiger partial charge < -0.3 is 9.47 Å². The maximum Gasteiger partial charge on any atom is 0.338 e. The lowest BCUT2D eigenvalue weighted by molar-refractivity contribution is 0.0540. The Morgan fingerprint density at radius 2 is 2.04 bits per heavy atom. The fraction of sp³-hybridized carbons (Fsp3) is 0.400. The van der Waals surface area contributed by atoms with Gasteiger partial charge in [0.15, 0.2) is 0 Å². The molecule has 0 N–H and O–H groups in total. The van der Waals surface area contributed by atoms with Crippen LogP contribution in [0, 0.1) is 0 Å². The van der Waals surface area contributed by atoms with Crippen molar-refractivity contribution in [3.05, 3.63) is 40.4 Å². The second-order valence-corrected chi connectivity index (χ2v) is 7.96. The molecule has 0 bridgehead atoms. The van der Waals surface area contributed by atoms with Crippen molar-refractivity contribution in [1.82, 2.24) is 4.31 Å². The molecule has 8 heteroatoms. The Hall–Kier alpha value is -1.22. The lowest BCUT2D eigenvalue weighted by atomic mass is 10.2. The molecule has 1 heterocycles. The average Bonchev–Trinajstić information content (AvgIpc) is 2.53. The number of benzene rings is 1. The van der Waals surface area contributed by atoms with Gasteiger partial charge in [0.2, 0.25) is 10.0 Å². The third kappa shape index (κ3) is 4.41. The number of nitrogens with zero attached hydrogens (tertiary/aromatic N) is 1. The van der Waals surface area contributed by atoms with Crippen LogP contribution >= 0.6 is 15.9 Å². The van der Waals surface area contributed by atoms with Crippen molar-refractivity contribution < 1.29 is 22.7 Å². The molecule has 0 radical (unpaired) electrons. The summed E-state index contributed by atoms with van der Waals surface area (Å²) in [4.78, 5) is 12.1. The Bertz CT molecular complexity index is 711. The smallest absolute Gasteiger partial charge is 0.338 e. The molecule has 1 aromatic carbocycles. The van der Waals surface area contributed by atoms with Crippen LogP contribution in [0.15, 0.2) is 39.7 Å². The number of carbonyl (C=O) groups is 1. The maximum atomic E-state index is 12.7. The predicted octanol–water partition coefficient (Wildman–Crippen LogP) is 2.20. The predicted molar refractivity (Wildman–Crippen MR) is 88.8 cm³/mol. The highest BCUT2D eigenvalue weighted by atomic mass is 79.9. The third-order valence-electron chi connectivity index (χ3n) is 3.20. The number of hydrogen-bond donors (Lipinski definition) is 0. The quantitative estimate of drug-likeness (QED) is 0.556. The van der Waals surface area contributed by atoms with Gasteiger partial charge in [-0.1, -0.05) is 6.58 Å². The van der Waals surface area contributed by atoms with Gasteiger partial charge in [0.05, 0.1) is 23.7 Å². The summed E-state index contributed by atoms with van der Waals surface area (Å²) in [6.45, 7) is 6.79. The van der Waals surface area contributed by atoms with E-state index in [0.29, 0.717) is 36.3 Å². The zero-order valence-electron chi connectivity index (χ0n) is 12.7. The number of ether oxygens (including phenoxy) is 2. The second kappa shape index (κ2) is 7.57. The summed E-state index contributed by atoms with van der Waals surface area (Å²) in [7, 11) is -3.70. The molecule has 1 aliphatic heterocycles. The van der Waals surface area contributed by atoms with E-state index in [2.05, 4.69) is 22.5 Å². The monoisotopic (exact) mass is 403 g/mol. The minimum absolute atomic E-state index is 0.0455. The fourth-order valence-corrected chi connectivity index (χ4v) is 4.38. The van der Waals surface area contributed by atoms with E-state index < -0.39 is 16.0 Å². The Labute approximate surface area is 144 Å². The van der Waals surface area contributed by atoms with E-state index in [-0.39, 0.29) is 17.1 Å². The van der Waals surface area contributed by atoms with E-state index in [1.165, 1.54) is 22.5 Å². The largest absolute Gasteiger partial charge is 0.458 e. The third-order valence-corrected chi connectivity index (χ3v) is 6.10. The van der Waals surface area contributed by atoms with Crippen LogP contribution in [-0.2, 0) is 19.5 Å². The van der Waals surface area contributed by atoms with Crippen LogP contribution in [0.1, 0.15) is 17.3 Å². The molecule has 0 saturated carbocycles. The van der Waals surface area contributed by atoms with Crippen LogP contribution in [0.5, 0.6) is 0 Å². The van der Waals surface area contributed by atoms with Crippen LogP contribution in [0.4, 0.5) is 0 Å². The Morgan fingerprint density at radius 3 is 2.65 bits per heavy atom. The van der Waals surface area contributed by atoms with Gasteiger partial charge in [0, 0.05) is 17.6 Å². The minimum atomic E-state index is -3.70. The SMILES string of the molecule is C=C(C)COC(=O)c1ccc(Br)c(S(=O)(=O)N2CCOCC2)c1. The topological polar surface area (TPSA) is 72.9 Å². The van der Waals surface area contributed by atoms with Gasteiger partial charge >= 0.3 is 5.97 Å². The van der Waals surface area contributed by atoms with Crippen molar-refractivity contribution in [2.24, 2.45) is 0 Å². The zero-order chi connectivity index (χ0) is 17.0. The number of rotatable bonds is 5. The first-order valence-electron chi connectivity index (χ1n) is 7.01. The molecule has 126 valence electrons. The second-order valence-electron chi connectivity index (χ2n) is 5.19. The molecule has 6 nitrogen and oxygen atoms in total. The van der Waals surface area contributed by atoms with Crippen molar-refractivity contribution in [2.45, 2.75) is 11.8 Å². The molecule has 1 fully saturated rings. The number of hydrogen-bond acceptors (Lipinski definition) is 5. The number of carbonyl (C=O) groups excluding carboxylic acids is 1. The molecular formula is C15H18BrNO5S. The van der Waals surface area contributed by atoms with Gasteiger partial charge in [-0.15, -0.1) is 0 Å². The molecule has 0 aliphatic carbocycles. The number of esters is 1. The number of sulfonamides is 1. The Morgan fingerprint density at radius 1 is 1.39 bits per heavy atom. The normalized spacial score (nSPS) is 16.1. The van der Waals surface area contributed by atoms with Crippen molar-refractivity contribution in [2.75, 3.05) is 32.9 Å². The number of morpholine rings is 1. The summed E-state index contributed by atoms with van der Waals surface area (Å²) < 4.78 is 37.4.